The molecule has 0 amide bonds. The van der Waals surface area contributed by atoms with Crippen molar-refractivity contribution in [2.45, 2.75) is 27.2 Å². The third kappa shape index (κ3) is 8.17. The first-order valence-electron chi connectivity index (χ1n) is 19.2. The molecule has 0 aromatic heterocycles. The van der Waals surface area contributed by atoms with Crippen LogP contribution in [-0.2, 0) is 0 Å². The second kappa shape index (κ2) is 17.0. The number of allylic oxidation sites excluding steroid dienone is 16. The monoisotopic (exact) mass is 715 g/mol. The summed E-state index contributed by atoms with van der Waals surface area (Å²) in [5, 5.41) is 3.91. The highest BCUT2D eigenvalue weighted by Crippen LogP contribution is 2.38. The molecule has 0 spiro atoms. The highest BCUT2D eigenvalue weighted by atomic mass is 15.2. The van der Waals surface area contributed by atoms with Crippen LogP contribution in [0, 0.1) is 11.8 Å². The van der Waals surface area contributed by atoms with Crippen LogP contribution in [0.15, 0.2) is 241 Å². The van der Waals surface area contributed by atoms with Crippen LogP contribution < -0.4 is 15.1 Å². The Balaban J connectivity index is 1.21. The van der Waals surface area contributed by atoms with E-state index in [0.29, 0.717) is 0 Å². The average molecular weight is 716 g/mol. The van der Waals surface area contributed by atoms with Crippen molar-refractivity contribution in [3.8, 4) is 0 Å². The molecule has 4 aromatic rings. The summed E-state index contributed by atoms with van der Waals surface area (Å²) < 4.78 is 0. The van der Waals surface area contributed by atoms with E-state index >= 15 is 0 Å². The maximum absolute atomic E-state index is 4.09. The van der Waals surface area contributed by atoms with E-state index in [0.717, 1.165) is 40.6 Å². The lowest BCUT2D eigenvalue weighted by molar-refractivity contribution is 0.738. The average Bonchev–Trinajstić information content (AvgIpc) is 3.25. The van der Waals surface area contributed by atoms with Gasteiger partial charge in [0.25, 0.3) is 0 Å². The van der Waals surface area contributed by atoms with Crippen molar-refractivity contribution in [2.24, 2.45) is 11.8 Å². The molecule has 1 N–H and O–H groups in total. The van der Waals surface area contributed by atoms with E-state index in [1.165, 1.54) is 39.2 Å². The molecule has 3 aliphatic rings. The molecule has 2 unspecified atom stereocenters. The van der Waals surface area contributed by atoms with Crippen LogP contribution in [-0.4, -0.2) is 0 Å². The number of dihydropyridines is 1. The third-order valence-corrected chi connectivity index (χ3v) is 10.2. The lowest BCUT2D eigenvalue weighted by Crippen LogP contribution is -2.26. The van der Waals surface area contributed by atoms with E-state index in [-0.39, 0.29) is 11.8 Å². The van der Waals surface area contributed by atoms with E-state index < -0.39 is 0 Å². The van der Waals surface area contributed by atoms with Gasteiger partial charge in [-0.1, -0.05) is 148 Å². The second-order valence-electron chi connectivity index (χ2n) is 14.1. The predicted octanol–water partition coefficient (Wildman–Crippen LogP) is 13.6. The van der Waals surface area contributed by atoms with E-state index in [4.69, 9.17) is 0 Å². The Kier molecular flexibility index (Phi) is 11.4. The van der Waals surface area contributed by atoms with Gasteiger partial charge in [0.15, 0.2) is 0 Å². The van der Waals surface area contributed by atoms with Gasteiger partial charge in [-0.15, -0.1) is 0 Å². The molecule has 272 valence electrons. The summed E-state index contributed by atoms with van der Waals surface area (Å²) in [7, 11) is 0. The Bertz CT molecular complexity index is 2270. The maximum Gasteiger partial charge on any atom is 0.0462 e. The molecule has 0 radical (unpaired) electrons. The molecule has 2 atom stereocenters. The summed E-state index contributed by atoms with van der Waals surface area (Å²) in [4.78, 5) is 4.54. The van der Waals surface area contributed by atoms with Gasteiger partial charge in [-0.25, -0.2) is 0 Å². The quantitative estimate of drug-likeness (QED) is 0.174. The SMILES string of the molecule is C=C/C=C(\C=C)N(c1ccccc1)c1ccc(C2=CC(C)/C=C3/NC4=C(/C=C\C/C=C(N(c5ccccc5)c5ccccc5)\C=C/C4C)C(=C3C)/C=C\2)cc1. The smallest absolute Gasteiger partial charge is 0.0462 e. The summed E-state index contributed by atoms with van der Waals surface area (Å²) in [5.41, 5.74) is 15.0. The zero-order valence-electron chi connectivity index (χ0n) is 32.1. The molecule has 3 heteroatoms. The number of nitrogens with one attached hydrogen (secondary N) is 1. The summed E-state index contributed by atoms with van der Waals surface area (Å²) in [6, 6.07) is 40.4. The van der Waals surface area contributed by atoms with Crippen molar-refractivity contribution >= 4 is 28.3 Å². The van der Waals surface area contributed by atoms with Crippen LogP contribution >= 0.6 is 0 Å². The minimum Gasteiger partial charge on any atom is -0.358 e. The van der Waals surface area contributed by atoms with Gasteiger partial charge in [0.2, 0.25) is 0 Å². The van der Waals surface area contributed by atoms with E-state index in [2.05, 4.69) is 213 Å². The molecule has 4 aromatic carbocycles. The van der Waals surface area contributed by atoms with Crippen molar-refractivity contribution in [3.63, 3.8) is 0 Å². The van der Waals surface area contributed by atoms with Gasteiger partial charge in [0.1, 0.15) is 0 Å². The summed E-state index contributed by atoms with van der Waals surface area (Å²) >= 11 is 0. The van der Waals surface area contributed by atoms with Crippen LogP contribution in [0.5, 0.6) is 0 Å². The Morgan fingerprint density at radius 1 is 0.691 bits per heavy atom. The van der Waals surface area contributed by atoms with E-state index in [9.17, 15) is 0 Å². The highest BCUT2D eigenvalue weighted by Gasteiger charge is 2.25. The topological polar surface area (TPSA) is 18.5 Å². The van der Waals surface area contributed by atoms with Gasteiger partial charge < -0.3 is 15.1 Å². The van der Waals surface area contributed by atoms with Crippen molar-refractivity contribution in [1.82, 2.24) is 5.32 Å². The van der Waals surface area contributed by atoms with Crippen LogP contribution in [0.2, 0.25) is 0 Å². The minimum absolute atomic E-state index is 0.133. The van der Waals surface area contributed by atoms with Crippen molar-refractivity contribution < 1.29 is 0 Å². The van der Waals surface area contributed by atoms with Gasteiger partial charge in [0, 0.05) is 57.0 Å². The summed E-state index contributed by atoms with van der Waals surface area (Å²) in [5.74, 6) is 0.330. The molecule has 0 saturated carbocycles. The fourth-order valence-electron chi connectivity index (χ4n) is 7.46. The Morgan fingerprint density at radius 3 is 1.93 bits per heavy atom. The largest absolute Gasteiger partial charge is 0.358 e. The Morgan fingerprint density at radius 2 is 1.31 bits per heavy atom. The molecular formula is C52H49N3. The highest BCUT2D eigenvalue weighted by molar-refractivity contribution is 5.79. The molecule has 7 rings (SSSR count). The first-order chi connectivity index (χ1) is 26.9. The van der Waals surface area contributed by atoms with Gasteiger partial charge in [-0.3, -0.25) is 0 Å². The predicted molar refractivity (Wildman–Crippen MR) is 236 cm³/mol. The number of fused-ring (bicyclic) bond motifs is 2. The molecular weight excluding hydrogens is 667 g/mol. The number of hydrogen-bond acceptors (Lipinski definition) is 3. The van der Waals surface area contributed by atoms with Crippen molar-refractivity contribution in [3.05, 3.63) is 246 Å². The zero-order chi connectivity index (χ0) is 38.1. The van der Waals surface area contributed by atoms with Gasteiger partial charge >= 0.3 is 0 Å². The number of benzene rings is 4. The van der Waals surface area contributed by atoms with E-state index in [1.807, 2.05) is 18.2 Å². The number of rotatable bonds is 9. The molecule has 0 saturated heterocycles. The maximum atomic E-state index is 4.09. The van der Waals surface area contributed by atoms with Gasteiger partial charge in [-0.2, -0.15) is 0 Å². The molecule has 2 aliphatic carbocycles. The van der Waals surface area contributed by atoms with Gasteiger partial charge in [0.05, 0.1) is 0 Å². The zero-order valence-corrected chi connectivity index (χ0v) is 32.1. The molecule has 0 fully saturated rings. The van der Waals surface area contributed by atoms with Crippen LogP contribution in [0.25, 0.3) is 5.57 Å². The standard InChI is InChI=1S/C52H49N3/c1-6-19-43(7-2)54(44-20-11-8-12-21-44)48-33-29-41(30-34-48)42-31-35-49-40(5)51(37-38(3)36-42)53-52-39(4)28-32-47(26-17-18-27-50(49)52)55(45-22-13-9-14-23-45)46-24-15-10-16-25-46/h6-16,18-39,53H,1-2,17H2,3-5H3/b27-18-,32-28-,35-31-,42-36?,43-19+,47-26+,51-37+. The number of para-hydroxylation sites is 3. The molecule has 2 bridgehead atoms. The third-order valence-electron chi connectivity index (χ3n) is 10.2. The van der Waals surface area contributed by atoms with Crippen LogP contribution in [0.4, 0.5) is 22.7 Å². The minimum atomic E-state index is 0.133. The molecule has 3 nitrogen and oxygen atoms in total. The number of anilines is 4. The lowest BCUT2D eigenvalue weighted by atomic mass is 9.87. The fourth-order valence-corrected chi connectivity index (χ4v) is 7.46. The van der Waals surface area contributed by atoms with Crippen molar-refractivity contribution in [1.29, 1.82) is 0 Å². The fraction of sp³-hybridized carbons (Fsp3) is 0.115. The normalized spacial score (nSPS) is 22.0. The Hall–Kier alpha value is -6.58. The summed E-state index contributed by atoms with van der Waals surface area (Å²) in [6.07, 6.45) is 27.3. The van der Waals surface area contributed by atoms with Crippen molar-refractivity contribution in [2.75, 3.05) is 9.80 Å². The Labute approximate surface area is 327 Å². The second-order valence-corrected chi connectivity index (χ2v) is 14.1. The lowest BCUT2D eigenvalue weighted by Gasteiger charge is -2.30. The van der Waals surface area contributed by atoms with Crippen LogP contribution in [0.3, 0.4) is 0 Å². The number of hydrogen-bond donors (Lipinski definition) is 1. The number of nitrogens with zero attached hydrogens (tertiary/aromatic N) is 2. The first-order valence-corrected chi connectivity index (χ1v) is 19.2. The van der Waals surface area contributed by atoms with Gasteiger partial charge in [-0.05, 0) is 108 Å². The van der Waals surface area contributed by atoms with E-state index in [1.54, 1.807) is 6.08 Å². The van der Waals surface area contributed by atoms with Crippen LogP contribution in [0.1, 0.15) is 32.8 Å². The molecule has 1 aliphatic heterocycles. The first kappa shape index (κ1) is 36.8. The summed E-state index contributed by atoms with van der Waals surface area (Å²) in [6.45, 7) is 14.8. The molecule has 1 heterocycles. The molecule has 55 heavy (non-hydrogen) atoms.